The van der Waals surface area contributed by atoms with Crippen LogP contribution in [0.4, 0.5) is 0 Å². The number of ether oxygens (including phenoxy) is 1. The van der Waals surface area contributed by atoms with Crippen LogP contribution in [0.5, 0.6) is 0 Å². The second-order valence-electron chi connectivity index (χ2n) is 6.17. The van der Waals surface area contributed by atoms with Gasteiger partial charge in [-0.25, -0.2) is 4.79 Å². The molecule has 3 rings (SSSR count). The van der Waals surface area contributed by atoms with Gasteiger partial charge in [0.1, 0.15) is 24.5 Å². The molecule has 128 valence electrons. The third-order valence-electron chi connectivity index (χ3n) is 5.07. The Bertz CT molecular complexity index is 707. The number of benzene rings is 1. The number of hydrogen-bond donors (Lipinski definition) is 2. The second-order valence-corrected chi connectivity index (χ2v) is 6.61. The molecular formula is C16H18ClN2O5+. The topological polar surface area (TPSA) is 101 Å². The van der Waals surface area contributed by atoms with E-state index in [1.165, 1.54) is 14.2 Å². The van der Waals surface area contributed by atoms with Crippen molar-refractivity contribution < 1.29 is 29.5 Å². The Morgan fingerprint density at radius 2 is 1.96 bits per heavy atom. The molecule has 0 spiro atoms. The average molecular weight is 354 g/mol. The van der Waals surface area contributed by atoms with Gasteiger partial charge >= 0.3 is 5.97 Å². The molecule has 0 aliphatic carbocycles. The Morgan fingerprint density at radius 1 is 1.33 bits per heavy atom. The number of imide groups is 1. The lowest BCUT2D eigenvalue weighted by Gasteiger charge is -2.26. The van der Waals surface area contributed by atoms with Gasteiger partial charge in [0.05, 0.1) is 7.11 Å². The Balaban J connectivity index is 2.12. The summed E-state index contributed by atoms with van der Waals surface area (Å²) >= 11 is 5.91. The second kappa shape index (κ2) is 5.84. The number of nitrogens with zero attached hydrogens (tertiary/aromatic N) is 1. The molecule has 0 saturated carbocycles. The van der Waals surface area contributed by atoms with Crippen molar-refractivity contribution in [3.63, 3.8) is 0 Å². The molecule has 8 heteroatoms. The maximum atomic E-state index is 12.6. The summed E-state index contributed by atoms with van der Waals surface area (Å²) in [7, 11) is 2.59. The first-order valence-corrected chi connectivity index (χ1v) is 7.87. The zero-order valence-corrected chi connectivity index (χ0v) is 14.0. The molecule has 4 atom stereocenters. The fraction of sp³-hybridized carbons (Fsp3) is 0.438. The van der Waals surface area contributed by atoms with E-state index in [-0.39, 0.29) is 5.91 Å². The first kappa shape index (κ1) is 16.9. The molecule has 1 aromatic carbocycles. The molecule has 3 N–H and O–H groups in total. The summed E-state index contributed by atoms with van der Waals surface area (Å²) in [5.41, 5.74) is -0.772. The summed E-state index contributed by atoms with van der Waals surface area (Å²) in [6.07, 6.45) is 0. The van der Waals surface area contributed by atoms with Crippen LogP contribution in [0.3, 0.4) is 0 Å². The van der Waals surface area contributed by atoms with Gasteiger partial charge in [0.25, 0.3) is 0 Å². The van der Waals surface area contributed by atoms with E-state index in [4.69, 9.17) is 16.3 Å². The van der Waals surface area contributed by atoms with Crippen LogP contribution in [0.25, 0.3) is 0 Å². The smallest absolute Gasteiger partial charge is 0.371 e. The van der Waals surface area contributed by atoms with E-state index >= 15 is 0 Å². The number of rotatable bonds is 3. The Morgan fingerprint density at radius 3 is 2.50 bits per heavy atom. The third kappa shape index (κ3) is 2.16. The number of esters is 1. The summed E-state index contributed by atoms with van der Waals surface area (Å²) in [6.45, 7) is -0.599. The molecule has 0 bridgehead atoms. The molecule has 2 heterocycles. The predicted molar refractivity (Wildman–Crippen MR) is 82.7 cm³/mol. The van der Waals surface area contributed by atoms with Gasteiger partial charge in [0, 0.05) is 17.6 Å². The largest absolute Gasteiger partial charge is 0.464 e. The van der Waals surface area contributed by atoms with E-state index < -0.39 is 41.9 Å². The highest BCUT2D eigenvalue weighted by atomic mass is 35.5. The number of hydrogen-bond acceptors (Lipinski definition) is 5. The van der Waals surface area contributed by atoms with Gasteiger partial charge in [-0.15, -0.1) is 0 Å². The number of methoxy groups -OCH3 is 1. The molecule has 2 saturated heterocycles. The predicted octanol–water partition coefficient (Wildman–Crippen LogP) is -0.907. The fourth-order valence-electron chi connectivity index (χ4n) is 3.86. The van der Waals surface area contributed by atoms with E-state index in [1.54, 1.807) is 29.6 Å². The molecule has 0 aromatic heterocycles. The summed E-state index contributed by atoms with van der Waals surface area (Å²) in [4.78, 5) is 38.6. The van der Waals surface area contributed by atoms with Gasteiger partial charge in [-0.1, -0.05) is 23.7 Å². The summed E-state index contributed by atoms with van der Waals surface area (Å²) < 4.78 is 4.83. The van der Waals surface area contributed by atoms with E-state index in [0.29, 0.717) is 5.02 Å². The van der Waals surface area contributed by atoms with Crippen LogP contribution < -0.4 is 5.32 Å². The minimum atomic E-state index is -1.53. The Hall–Kier alpha value is -1.96. The van der Waals surface area contributed by atoms with Crippen LogP contribution in [0.15, 0.2) is 24.3 Å². The number of fused-ring (bicyclic) bond motifs is 1. The molecule has 2 aliphatic rings. The number of carbonyl (C=O) groups excluding carboxylic acids is 3. The number of carbonyl (C=O) groups is 3. The maximum absolute atomic E-state index is 12.6. The summed E-state index contributed by atoms with van der Waals surface area (Å²) in [5, 5.41) is 12.1. The minimum Gasteiger partial charge on any atom is -0.464 e. The normalized spacial score (nSPS) is 32.2. The zero-order valence-electron chi connectivity index (χ0n) is 13.2. The standard InChI is InChI=1S/C16H17ClN2O5/c1-19-13(21)10-11(14(19)22)16(7-20,15(23)24-2)18-12(10)8-3-5-9(17)6-4-8/h3-6,10-12,18,20H,7H2,1-2H3/p+1/t10-,11+,12+,16-/m1/s1. The Kier molecular flexibility index (Phi) is 4.11. The van der Waals surface area contributed by atoms with Crippen molar-refractivity contribution in [1.29, 1.82) is 0 Å². The molecule has 2 aliphatic heterocycles. The van der Waals surface area contributed by atoms with Crippen LogP contribution in [0.1, 0.15) is 11.6 Å². The molecular weight excluding hydrogens is 336 g/mol. The molecule has 7 nitrogen and oxygen atoms in total. The quantitative estimate of drug-likeness (QED) is 0.541. The van der Waals surface area contributed by atoms with Crippen molar-refractivity contribution in [3.05, 3.63) is 34.9 Å². The number of aliphatic hydroxyl groups is 1. The molecule has 0 radical (unpaired) electrons. The van der Waals surface area contributed by atoms with E-state index in [9.17, 15) is 19.5 Å². The Labute approximate surface area is 143 Å². The van der Waals surface area contributed by atoms with Crippen LogP contribution in [-0.4, -0.2) is 54.1 Å². The van der Waals surface area contributed by atoms with Crippen molar-refractivity contribution in [1.82, 2.24) is 4.90 Å². The number of likely N-dealkylation sites (tertiary alicyclic amines) is 1. The zero-order chi connectivity index (χ0) is 17.6. The minimum absolute atomic E-state index is 0.361. The number of amides is 2. The first-order valence-electron chi connectivity index (χ1n) is 7.49. The highest BCUT2D eigenvalue weighted by molar-refractivity contribution is 6.30. The van der Waals surface area contributed by atoms with Gasteiger partial charge in [-0.3, -0.25) is 14.5 Å². The van der Waals surface area contributed by atoms with Gasteiger partial charge < -0.3 is 15.2 Å². The highest BCUT2D eigenvalue weighted by Crippen LogP contribution is 2.43. The number of nitrogens with two attached hydrogens (primary N) is 1. The SMILES string of the molecule is COC(=O)[C@]1(CO)[NH2+][C@@H](c2ccc(Cl)cc2)[C@@H]2C(=O)N(C)C(=O)[C@H]21. The van der Waals surface area contributed by atoms with Crippen molar-refractivity contribution in [2.75, 3.05) is 20.8 Å². The summed E-state index contributed by atoms with van der Waals surface area (Å²) in [6, 6.07) is 6.38. The highest BCUT2D eigenvalue weighted by Gasteiger charge is 2.72. The van der Waals surface area contributed by atoms with E-state index in [2.05, 4.69) is 0 Å². The molecule has 2 amide bonds. The van der Waals surface area contributed by atoms with Gasteiger partial charge in [-0.05, 0) is 12.1 Å². The molecule has 2 fully saturated rings. The van der Waals surface area contributed by atoms with Gasteiger partial charge in [0.2, 0.25) is 17.4 Å². The first-order chi connectivity index (χ1) is 11.4. The van der Waals surface area contributed by atoms with E-state index in [0.717, 1.165) is 10.5 Å². The monoisotopic (exact) mass is 353 g/mol. The third-order valence-corrected chi connectivity index (χ3v) is 5.32. The van der Waals surface area contributed by atoms with Crippen LogP contribution in [-0.2, 0) is 19.1 Å². The lowest BCUT2D eigenvalue weighted by atomic mass is 9.79. The van der Waals surface area contributed by atoms with Crippen molar-refractivity contribution >= 4 is 29.4 Å². The molecule has 0 unspecified atom stereocenters. The van der Waals surface area contributed by atoms with Crippen molar-refractivity contribution in [2.24, 2.45) is 11.8 Å². The van der Waals surface area contributed by atoms with Crippen LogP contribution in [0.2, 0.25) is 5.02 Å². The average Bonchev–Trinajstić information content (AvgIpc) is 3.05. The lowest BCUT2D eigenvalue weighted by molar-refractivity contribution is -0.735. The number of aliphatic hydroxyl groups excluding tert-OH is 1. The maximum Gasteiger partial charge on any atom is 0.371 e. The molecule has 1 aromatic rings. The van der Waals surface area contributed by atoms with Crippen molar-refractivity contribution in [3.8, 4) is 0 Å². The summed E-state index contributed by atoms with van der Waals surface area (Å²) in [5.74, 6) is -3.26. The van der Waals surface area contributed by atoms with Gasteiger partial charge in [0.15, 0.2) is 0 Å². The molecule has 24 heavy (non-hydrogen) atoms. The van der Waals surface area contributed by atoms with Gasteiger partial charge in [-0.2, -0.15) is 0 Å². The fourth-order valence-corrected chi connectivity index (χ4v) is 3.98. The number of quaternary nitrogens is 1. The van der Waals surface area contributed by atoms with E-state index in [1.807, 2.05) is 0 Å². The van der Waals surface area contributed by atoms with Crippen molar-refractivity contribution in [2.45, 2.75) is 11.6 Å². The lowest BCUT2D eigenvalue weighted by Crippen LogP contribution is -2.99. The van der Waals surface area contributed by atoms with Crippen LogP contribution >= 0.6 is 11.6 Å². The number of halogens is 1. The van der Waals surface area contributed by atoms with Crippen LogP contribution in [0, 0.1) is 11.8 Å².